The molecule has 1 aliphatic heterocycles. The van der Waals surface area contributed by atoms with E-state index in [1.54, 1.807) is 11.3 Å². The van der Waals surface area contributed by atoms with E-state index < -0.39 is 5.97 Å². The lowest BCUT2D eigenvalue weighted by Crippen LogP contribution is -2.42. The zero-order valence-electron chi connectivity index (χ0n) is 13.1. The van der Waals surface area contributed by atoms with Crippen LogP contribution in [0, 0.1) is 5.92 Å². The maximum atomic E-state index is 12.9. The van der Waals surface area contributed by atoms with Gasteiger partial charge in [-0.05, 0) is 47.6 Å². The Kier molecular flexibility index (Phi) is 3.84. The molecule has 24 heavy (non-hydrogen) atoms. The van der Waals surface area contributed by atoms with E-state index in [0.717, 1.165) is 32.2 Å². The van der Waals surface area contributed by atoms with Crippen molar-refractivity contribution in [3.05, 3.63) is 33.8 Å². The van der Waals surface area contributed by atoms with Crippen molar-refractivity contribution in [1.82, 2.24) is 19.9 Å². The Morgan fingerprint density at radius 1 is 1.29 bits per heavy atom. The van der Waals surface area contributed by atoms with Crippen LogP contribution in [0.4, 0.5) is 0 Å². The number of nitrogens with zero attached hydrogens (tertiary/aromatic N) is 4. The average Bonchev–Trinajstić information content (AvgIpc) is 3.30. The van der Waals surface area contributed by atoms with Crippen LogP contribution >= 0.6 is 11.3 Å². The highest BCUT2D eigenvalue weighted by Crippen LogP contribution is 2.32. The molecule has 2 aromatic heterocycles. The van der Waals surface area contributed by atoms with Crippen LogP contribution in [0.1, 0.15) is 34.5 Å². The van der Waals surface area contributed by atoms with Crippen LogP contribution in [0.5, 0.6) is 0 Å². The Morgan fingerprint density at radius 2 is 2.04 bits per heavy atom. The summed E-state index contributed by atoms with van der Waals surface area (Å²) in [5.41, 5.74) is 2.57. The number of carbonyl (C=O) groups is 2. The van der Waals surface area contributed by atoms with Crippen molar-refractivity contribution in [1.29, 1.82) is 0 Å². The van der Waals surface area contributed by atoms with Crippen LogP contribution in [-0.2, 0) is 24.2 Å². The van der Waals surface area contributed by atoms with Gasteiger partial charge < -0.3 is 10.0 Å². The second-order valence-corrected chi connectivity index (χ2v) is 7.23. The zero-order valence-corrected chi connectivity index (χ0v) is 13.9. The molecule has 4 rings (SSSR count). The molecule has 126 valence electrons. The van der Waals surface area contributed by atoms with E-state index in [1.165, 1.54) is 22.0 Å². The number of aromatic carboxylic acids is 1. The second kappa shape index (κ2) is 6.01. The molecule has 0 saturated carbocycles. The van der Waals surface area contributed by atoms with Crippen LogP contribution in [0.2, 0.25) is 0 Å². The Hall–Kier alpha value is -2.22. The van der Waals surface area contributed by atoms with E-state index in [4.69, 9.17) is 5.11 Å². The number of fused-ring (bicyclic) bond motifs is 1. The highest BCUT2D eigenvalue weighted by atomic mass is 32.1. The minimum Gasteiger partial charge on any atom is -0.476 e. The summed E-state index contributed by atoms with van der Waals surface area (Å²) in [5, 5.41) is 20.7. The molecule has 0 bridgehead atoms. The second-order valence-electron chi connectivity index (χ2n) is 6.49. The van der Waals surface area contributed by atoms with Crippen molar-refractivity contribution in [2.45, 2.75) is 38.3 Å². The van der Waals surface area contributed by atoms with E-state index >= 15 is 0 Å². The van der Waals surface area contributed by atoms with Gasteiger partial charge in [0.05, 0.1) is 18.8 Å². The van der Waals surface area contributed by atoms with Crippen molar-refractivity contribution in [2.24, 2.45) is 5.92 Å². The summed E-state index contributed by atoms with van der Waals surface area (Å²) >= 11 is 1.70. The van der Waals surface area contributed by atoms with Gasteiger partial charge >= 0.3 is 5.97 Å². The number of carboxylic acid groups (broad SMARTS) is 1. The number of aromatic nitrogens is 3. The number of amides is 1. The van der Waals surface area contributed by atoms with Gasteiger partial charge in [0.1, 0.15) is 0 Å². The standard InChI is InChI=1S/C16H18N4O3S/c21-15(10-4-11-8-24-9-12(11)5-10)20-3-1-2-13(20)6-19-7-14(16(22)23)17-18-19/h7-10,13H,1-6H2,(H,22,23). The molecule has 1 fully saturated rings. The maximum absolute atomic E-state index is 12.9. The van der Waals surface area contributed by atoms with Crippen LogP contribution in [-0.4, -0.2) is 49.5 Å². The molecular formula is C16H18N4O3S. The van der Waals surface area contributed by atoms with Gasteiger partial charge in [0.25, 0.3) is 0 Å². The lowest BCUT2D eigenvalue weighted by Gasteiger charge is -2.27. The lowest BCUT2D eigenvalue weighted by molar-refractivity contribution is -0.136. The lowest BCUT2D eigenvalue weighted by atomic mass is 10.0. The smallest absolute Gasteiger partial charge is 0.358 e. The van der Waals surface area contributed by atoms with Crippen molar-refractivity contribution in [3.63, 3.8) is 0 Å². The number of carbonyl (C=O) groups excluding carboxylic acids is 1. The topological polar surface area (TPSA) is 88.3 Å². The van der Waals surface area contributed by atoms with E-state index in [9.17, 15) is 9.59 Å². The Morgan fingerprint density at radius 3 is 2.71 bits per heavy atom. The SMILES string of the molecule is O=C(O)c1cn(CC2CCCN2C(=O)C2Cc3cscc3C2)nn1. The molecule has 1 atom stereocenters. The van der Waals surface area contributed by atoms with Gasteiger partial charge in [-0.3, -0.25) is 4.79 Å². The molecule has 2 aliphatic rings. The summed E-state index contributed by atoms with van der Waals surface area (Å²) in [6, 6.07) is 0.0682. The van der Waals surface area contributed by atoms with Crippen LogP contribution in [0.25, 0.3) is 0 Å². The number of rotatable bonds is 4. The minimum atomic E-state index is -1.09. The summed E-state index contributed by atoms with van der Waals surface area (Å²) < 4.78 is 1.53. The molecule has 1 unspecified atom stereocenters. The van der Waals surface area contributed by atoms with Crippen LogP contribution in [0.15, 0.2) is 17.0 Å². The van der Waals surface area contributed by atoms with Crippen molar-refractivity contribution in [3.8, 4) is 0 Å². The molecular weight excluding hydrogens is 328 g/mol. The molecule has 8 heteroatoms. The molecule has 0 radical (unpaired) electrons. The summed E-state index contributed by atoms with van der Waals surface area (Å²) in [6.45, 7) is 1.27. The first kappa shape index (κ1) is 15.3. The summed E-state index contributed by atoms with van der Waals surface area (Å²) in [5.74, 6) is -0.816. The van der Waals surface area contributed by atoms with Gasteiger partial charge in [-0.15, -0.1) is 5.10 Å². The predicted molar refractivity (Wildman–Crippen MR) is 86.9 cm³/mol. The largest absolute Gasteiger partial charge is 0.476 e. The third-order valence-electron chi connectivity index (χ3n) is 4.93. The van der Waals surface area contributed by atoms with Crippen LogP contribution in [0.3, 0.4) is 0 Å². The summed E-state index contributed by atoms with van der Waals surface area (Å²) in [7, 11) is 0. The van der Waals surface area contributed by atoms with Gasteiger partial charge in [0.2, 0.25) is 5.91 Å². The third kappa shape index (κ3) is 2.71. The molecule has 2 aromatic rings. The molecule has 1 amide bonds. The predicted octanol–water partition coefficient (Wildman–Crippen LogP) is 1.44. The van der Waals surface area contributed by atoms with Crippen molar-refractivity contribution >= 4 is 23.2 Å². The molecule has 1 aliphatic carbocycles. The normalized spacial score (nSPS) is 20.5. The van der Waals surface area contributed by atoms with Gasteiger partial charge in [-0.1, -0.05) is 5.21 Å². The van der Waals surface area contributed by atoms with Crippen molar-refractivity contribution in [2.75, 3.05) is 6.54 Å². The van der Waals surface area contributed by atoms with E-state index in [2.05, 4.69) is 21.1 Å². The first-order valence-electron chi connectivity index (χ1n) is 8.09. The number of likely N-dealkylation sites (tertiary alicyclic amines) is 1. The maximum Gasteiger partial charge on any atom is 0.358 e. The molecule has 1 N–H and O–H groups in total. The Labute approximate surface area is 142 Å². The summed E-state index contributed by atoms with van der Waals surface area (Å²) in [4.78, 5) is 25.8. The highest BCUT2D eigenvalue weighted by Gasteiger charge is 2.36. The fraction of sp³-hybridized carbons (Fsp3) is 0.500. The van der Waals surface area contributed by atoms with Gasteiger partial charge in [-0.2, -0.15) is 11.3 Å². The monoisotopic (exact) mass is 346 g/mol. The van der Waals surface area contributed by atoms with Crippen LogP contribution < -0.4 is 0 Å². The zero-order chi connectivity index (χ0) is 16.7. The Bertz CT molecular complexity index is 763. The minimum absolute atomic E-state index is 0.0503. The fourth-order valence-corrected chi connectivity index (χ4v) is 4.63. The average molecular weight is 346 g/mol. The molecule has 0 spiro atoms. The molecule has 0 aromatic carbocycles. The highest BCUT2D eigenvalue weighted by molar-refractivity contribution is 7.08. The van der Waals surface area contributed by atoms with Gasteiger partial charge in [0, 0.05) is 12.5 Å². The quantitative estimate of drug-likeness (QED) is 0.905. The molecule has 3 heterocycles. The van der Waals surface area contributed by atoms with E-state index in [1.807, 2.05) is 4.90 Å². The van der Waals surface area contributed by atoms with Gasteiger partial charge in [-0.25, -0.2) is 9.48 Å². The van der Waals surface area contributed by atoms with E-state index in [0.29, 0.717) is 6.54 Å². The molecule has 7 nitrogen and oxygen atoms in total. The number of thiophene rings is 1. The van der Waals surface area contributed by atoms with Crippen molar-refractivity contribution < 1.29 is 14.7 Å². The molecule has 1 saturated heterocycles. The first-order chi connectivity index (χ1) is 11.6. The van der Waals surface area contributed by atoms with E-state index in [-0.39, 0.29) is 23.6 Å². The first-order valence-corrected chi connectivity index (χ1v) is 9.04. The summed E-state index contributed by atoms with van der Waals surface area (Å²) in [6.07, 6.45) is 5.00. The number of hydrogen-bond donors (Lipinski definition) is 1. The number of carboxylic acids is 1. The fourth-order valence-electron chi connectivity index (χ4n) is 3.74. The Balaban J connectivity index is 1.43. The third-order valence-corrected chi connectivity index (χ3v) is 5.77. The number of hydrogen-bond acceptors (Lipinski definition) is 5. The van der Waals surface area contributed by atoms with Gasteiger partial charge in [0.15, 0.2) is 5.69 Å².